The minimum absolute atomic E-state index is 0.0231. The highest BCUT2D eigenvalue weighted by molar-refractivity contribution is 5.77. The lowest BCUT2D eigenvalue weighted by molar-refractivity contribution is -0.151. The van der Waals surface area contributed by atoms with Crippen LogP contribution in [-0.2, 0) is 14.3 Å². The lowest BCUT2D eigenvalue weighted by atomic mass is 10.0. The molecule has 3 atom stereocenters. The fourth-order valence-electron chi connectivity index (χ4n) is 7.16. The molecule has 0 aromatic carbocycles. The molecule has 0 rings (SSSR count). The summed E-state index contributed by atoms with van der Waals surface area (Å²) in [5, 5.41) is 23.7. The van der Waals surface area contributed by atoms with Crippen molar-refractivity contribution in [1.82, 2.24) is 5.32 Å². The second-order valence-corrected chi connectivity index (χ2v) is 16.6. The number of hydrogen-bond acceptors (Lipinski definition) is 5. The van der Waals surface area contributed by atoms with Gasteiger partial charge in [-0.25, -0.2) is 0 Å². The van der Waals surface area contributed by atoms with Crippen LogP contribution in [0.4, 0.5) is 0 Å². The van der Waals surface area contributed by atoms with E-state index in [-0.39, 0.29) is 24.9 Å². The zero-order chi connectivity index (χ0) is 43.1. The molecule has 3 unspecified atom stereocenters. The highest BCUT2D eigenvalue weighted by Crippen LogP contribution is 2.16. The second-order valence-electron chi connectivity index (χ2n) is 16.6. The summed E-state index contributed by atoms with van der Waals surface area (Å²) in [6.07, 6.45) is 58.2. The first-order chi connectivity index (χ1) is 29.0. The van der Waals surface area contributed by atoms with Crippen LogP contribution in [0.3, 0.4) is 0 Å². The molecule has 59 heavy (non-hydrogen) atoms. The number of nitrogens with one attached hydrogen (secondary N) is 1. The SMILES string of the molecule is CC/C=C/C=C/C=C\C=C/C=C/CCCC(CC(=O)NC(CO)C(O)CCCCCCCCCCCCC)OC(=O)CCCCCCC/C=C/CCCCCCCCC. The topological polar surface area (TPSA) is 95.9 Å². The largest absolute Gasteiger partial charge is 0.462 e. The molecule has 0 aromatic rings. The van der Waals surface area contributed by atoms with E-state index < -0.39 is 18.2 Å². The Labute approximate surface area is 364 Å². The molecule has 0 aromatic heterocycles. The van der Waals surface area contributed by atoms with Gasteiger partial charge in [0.2, 0.25) is 5.91 Å². The van der Waals surface area contributed by atoms with Gasteiger partial charge in [0, 0.05) is 6.42 Å². The van der Waals surface area contributed by atoms with Crippen molar-refractivity contribution in [2.24, 2.45) is 0 Å². The van der Waals surface area contributed by atoms with Crippen LogP contribution < -0.4 is 5.32 Å². The Hall–Kier alpha value is -2.70. The van der Waals surface area contributed by atoms with Crippen molar-refractivity contribution in [1.29, 1.82) is 0 Å². The number of carbonyl (C=O) groups excluding carboxylic acids is 2. The zero-order valence-electron chi connectivity index (χ0n) is 38.6. The van der Waals surface area contributed by atoms with E-state index in [9.17, 15) is 19.8 Å². The number of amides is 1. The van der Waals surface area contributed by atoms with E-state index in [0.717, 1.165) is 64.2 Å². The van der Waals surface area contributed by atoms with E-state index in [0.29, 0.717) is 19.3 Å². The predicted octanol–water partition coefficient (Wildman–Crippen LogP) is 14.6. The van der Waals surface area contributed by atoms with E-state index in [2.05, 4.69) is 50.4 Å². The fourth-order valence-corrected chi connectivity index (χ4v) is 7.16. The van der Waals surface area contributed by atoms with Gasteiger partial charge in [-0.3, -0.25) is 9.59 Å². The van der Waals surface area contributed by atoms with Gasteiger partial charge in [0.25, 0.3) is 0 Å². The molecule has 6 nitrogen and oxygen atoms in total. The summed E-state index contributed by atoms with van der Waals surface area (Å²) in [5.74, 6) is -0.559. The lowest BCUT2D eigenvalue weighted by Gasteiger charge is -2.24. The van der Waals surface area contributed by atoms with Crippen molar-refractivity contribution in [3.63, 3.8) is 0 Å². The van der Waals surface area contributed by atoms with Gasteiger partial charge >= 0.3 is 5.97 Å². The first-order valence-corrected chi connectivity index (χ1v) is 24.7. The minimum Gasteiger partial charge on any atom is -0.462 e. The van der Waals surface area contributed by atoms with E-state index in [4.69, 9.17) is 4.74 Å². The summed E-state index contributed by atoms with van der Waals surface area (Å²) in [7, 11) is 0. The number of ether oxygens (including phenoxy) is 1. The summed E-state index contributed by atoms with van der Waals surface area (Å²) in [6, 6.07) is -0.727. The minimum atomic E-state index is -0.809. The van der Waals surface area contributed by atoms with Crippen LogP contribution in [0.2, 0.25) is 0 Å². The molecule has 0 fully saturated rings. The van der Waals surface area contributed by atoms with Gasteiger partial charge in [-0.2, -0.15) is 0 Å². The van der Waals surface area contributed by atoms with Crippen molar-refractivity contribution in [3.8, 4) is 0 Å². The summed E-state index contributed by atoms with van der Waals surface area (Å²) in [5.41, 5.74) is 0. The van der Waals surface area contributed by atoms with Crippen molar-refractivity contribution in [2.45, 2.75) is 244 Å². The van der Waals surface area contributed by atoms with Crippen LogP contribution in [0.5, 0.6) is 0 Å². The standard InChI is InChI=1S/C53H93NO5/c1-4-7-10-13-16-19-22-24-25-26-28-31-34-37-40-43-46-53(58)59-49(44-41-38-35-32-30-27-23-20-17-14-11-8-5-2)47-52(57)54-50(48-55)51(56)45-42-39-36-33-29-21-18-15-12-9-6-3/h8,11,14,17,20,23,25-27,30,32,35,49-51,55-56H,4-7,9-10,12-13,15-16,18-19,21-22,24,28-29,31,33-34,36-48H2,1-3H3,(H,54,57)/b11-8+,17-14+,23-20-,26-25+,30-27-,35-32+. The summed E-state index contributed by atoms with van der Waals surface area (Å²) in [4.78, 5) is 26.1. The molecule has 0 aliphatic carbocycles. The number of rotatable bonds is 43. The molecule has 0 radical (unpaired) electrons. The maximum absolute atomic E-state index is 13.2. The summed E-state index contributed by atoms with van der Waals surface area (Å²) in [6.45, 7) is 6.30. The van der Waals surface area contributed by atoms with E-state index in [1.165, 1.54) is 116 Å². The first-order valence-electron chi connectivity index (χ1n) is 24.7. The molecule has 0 heterocycles. The van der Waals surface area contributed by atoms with E-state index in [1.54, 1.807) is 0 Å². The predicted molar refractivity (Wildman–Crippen MR) is 255 cm³/mol. The third-order valence-electron chi connectivity index (χ3n) is 10.9. The van der Waals surface area contributed by atoms with Gasteiger partial charge in [-0.15, -0.1) is 0 Å². The van der Waals surface area contributed by atoms with Crippen LogP contribution >= 0.6 is 0 Å². The molecular weight excluding hydrogens is 731 g/mol. The van der Waals surface area contributed by atoms with Gasteiger partial charge in [-0.05, 0) is 64.2 Å². The Morgan fingerprint density at radius 1 is 0.508 bits per heavy atom. The Balaban J connectivity index is 4.70. The molecule has 0 aliphatic heterocycles. The third kappa shape index (κ3) is 41.8. The number of aliphatic hydroxyl groups is 2. The van der Waals surface area contributed by atoms with Crippen molar-refractivity contribution < 1.29 is 24.5 Å². The van der Waals surface area contributed by atoms with Crippen LogP contribution in [0.25, 0.3) is 0 Å². The lowest BCUT2D eigenvalue weighted by Crippen LogP contribution is -2.46. The molecule has 3 N–H and O–H groups in total. The molecule has 0 saturated heterocycles. The molecule has 0 aliphatic rings. The summed E-state index contributed by atoms with van der Waals surface area (Å²) < 4.78 is 5.88. The van der Waals surface area contributed by atoms with Gasteiger partial charge < -0.3 is 20.3 Å². The van der Waals surface area contributed by atoms with Crippen molar-refractivity contribution >= 4 is 11.9 Å². The molecule has 6 heteroatoms. The monoisotopic (exact) mass is 824 g/mol. The van der Waals surface area contributed by atoms with E-state index >= 15 is 0 Å². The molecule has 340 valence electrons. The normalized spacial score (nSPS) is 13.9. The Kier molecular flexibility index (Phi) is 44.2. The number of unbranched alkanes of at least 4 members (excludes halogenated alkanes) is 23. The van der Waals surface area contributed by atoms with Crippen LogP contribution in [-0.4, -0.2) is 46.9 Å². The maximum Gasteiger partial charge on any atom is 0.306 e. The van der Waals surface area contributed by atoms with Gasteiger partial charge in [-0.1, -0.05) is 222 Å². The Morgan fingerprint density at radius 2 is 0.949 bits per heavy atom. The first kappa shape index (κ1) is 56.3. The zero-order valence-corrected chi connectivity index (χ0v) is 38.6. The van der Waals surface area contributed by atoms with Crippen LogP contribution in [0, 0.1) is 0 Å². The van der Waals surface area contributed by atoms with Crippen LogP contribution in [0.15, 0.2) is 72.9 Å². The average molecular weight is 824 g/mol. The van der Waals surface area contributed by atoms with Gasteiger partial charge in [0.05, 0.1) is 25.2 Å². The molecule has 0 saturated carbocycles. The smallest absolute Gasteiger partial charge is 0.306 e. The maximum atomic E-state index is 13.2. The molecule has 0 spiro atoms. The number of allylic oxidation sites excluding steroid dienone is 12. The van der Waals surface area contributed by atoms with Crippen LogP contribution in [0.1, 0.15) is 226 Å². The fraction of sp³-hybridized carbons (Fsp3) is 0.736. The number of carbonyl (C=O) groups is 2. The Bertz CT molecular complexity index is 1110. The average Bonchev–Trinajstić information content (AvgIpc) is 3.23. The molecule has 0 bridgehead atoms. The highest BCUT2D eigenvalue weighted by Gasteiger charge is 2.24. The number of esters is 1. The third-order valence-corrected chi connectivity index (χ3v) is 10.9. The molecule has 1 amide bonds. The molecular formula is C53H93NO5. The highest BCUT2D eigenvalue weighted by atomic mass is 16.5. The summed E-state index contributed by atoms with van der Waals surface area (Å²) >= 11 is 0. The Morgan fingerprint density at radius 3 is 1.46 bits per heavy atom. The van der Waals surface area contributed by atoms with Gasteiger partial charge in [0.15, 0.2) is 0 Å². The van der Waals surface area contributed by atoms with Gasteiger partial charge in [0.1, 0.15) is 6.10 Å². The van der Waals surface area contributed by atoms with E-state index in [1.807, 2.05) is 48.6 Å². The van der Waals surface area contributed by atoms with Crippen molar-refractivity contribution in [3.05, 3.63) is 72.9 Å². The number of hydrogen-bond donors (Lipinski definition) is 3. The number of aliphatic hydroxyl groups excluding tert-OH is 2. The quantitative estimate of drug-likeness (QED) is 0.0246. The second kappa shape index (κ2) is 46.4. The van der Waals surface area contributed by atoms with Crippen molar-refractivity contribution in [2.75, 3.05) is 6.61 Å².